The molecule has 80 valence electrons. The lowest BCUT2D eigenvalue weighted by Crippen LogP contribution is -2.08. The summed E-state index contributed by atoms with van der Waals surface area (Å²) in [6, 6.07) is 2.75. The highest BCUT2D eigenvalue weighted by molar-refractivity contribution is 5.30. The Kier molecular flexibility index (Phi) is 3.63. The van der Waals surface area contributed by atoms with Crippen LogP contribution in [0.25, 0.3) is 0 Å². The van der Waals surface area contributed by atoms with Crippen LogP contribution in [-0.4, -0.2) is 4.98 Å². The van der Waals surface area contributed by atoms with E-state index in [1.54, 1.807) is 6.07 Å². The number of aromatic nitrogens is 1. The van der Waals surface area contributed by atoms with Crippen molar-refractivity contribution in [2.75, 3.05) is 0 Å². The van der Waals surface area contributed by atoms with Crippen LogP contribution in [0.5, 0.6) is 0 Å². The van der Waals surface area contributed by atoms with Crippen LogP contribution in [0.3, 0.4) is 0 Å². The molecule has 2 N–H and O–H groups in total. The summed E-state index contributed by atoms with van der Waals surface area (Å²) in [5.41, 5.74) is 4.80. The fourth-order valence-electron chi connectivity index (χ4n) is 1.17. The van der Waals surface area contributed by atoms with Crippen LogP contribution in [0.15, 0.2) is 6.07 Å². The summed E-state index contributed by atoms with van der Waals surface area (Å²) in [4.78, 5) is 3.08. The van der Waals surface area contributed by atoms with Crippen molar-refractivity contribution in [3.8, 4) is 6.07 Å². The van der Waals surface area contributed by atoms with Gasteiger partial charge in [0, 0.05) is 12.1 Å². The Hall–Kier alpha value is -1.61. The number of hydrogen-bond acceptors (Lipinski definition) is 3. The third-order valence-corrected chi connectivity index (χ3v) is 1.89. The maximum Gasteiger partial charge on any atom is 0.280 e. The van der Waals surface area contributed by atoms with E-state index in [0.717, 1.165) is 6.07 Å². The third kappa shape index (κ3) is 2.44. The van der Waals surface area contributed by atoms with E-state index in [2.05, 4.69) is 4.98 Å². The Morgan fingerprint density at radius 3 is 2.67 bits per heavy atom. The molecule has 3 nitrogen and oxygen atoms in total. The highest BCUT2D eigenvalue weighted by Crippen LogP contribution is 2.21. The average molecular weight is 215 g/mol. The van der Waals surface area contributed by atoms with E-state index in [1.165, 1.54) is 0 Å². The minimum absolute atomic E-state index is 0.00981. The zero-order valence-electron chi connectivity index (χ0n) is 7.67. The molecule has 0 aliphatic rings. The second kappa shape index (κ2) is 4.75. The molecule has 1 rings (SSSR count). The van der Waals surface area contributed by atoms with Crippen molar-refractivity contribution < 1.29 is 13.2 Å². The van der Waals surface area contributed by atoms with E-state index in [0.29, 0.717) is 0 Å². The predicted molar refractivity (Wildman–Crippen MR) is 46.4 cm³/mol. The quantitative estimate of drug-likeness (QED) is 0.780. The van der Waals surface area contributed by atoms with Crippen molar-refractivity contribution in [2.45, 2.75) is 19.4 Å². The molecule has 0 fully saturated rings. The highest BCUT2D eigenvalue weighted by Gasteiger charge is 2.16. The van der Waals surface area contributed by atoms with Crippen LogP contribution in [0.4, 0.5) is 13.2 Å². The minimum atomic E-state index is -2.85. The van der Waals surface area contributed by atoms with Gasteiger partial charge in [0.05, 0.1) is 12.5 Å². The van der Waals surface area contributed by atoms with Crippen molar-refractivity contribution in [3.63, 3.8) is 0 Å². The summed E-state index contributed by atoms with van der Waals surface area (Å²) in [5.74, 6) is -1.05. The Morgan fingerprint density at radius 2 is 2.20 bits per heavy atom. The van der Waals surface area contributed by atoms with Crippen LogP contribution < -0.4 is 5.73 Å². The lowest BCUT2D eigenvalue weighted by atomic mass is 10.1. The van der Waals surface area contributed by atoms with Crippen LogP contribution in [0, 0.1) is 17.3 Å². The summed E-state index contributed by atoms with van der Waals surface area (Å²) in [6.07, 6.45) is -3.07. The topological polar surface area (TPSA) is 62.7 Å². The number of rotatable bonds is 3. The standard InChI is InChI=1S/C9H8F3N3/c10-8(11)7-3-5(4-14)6(1-2-13)9(12)15-7/h3,8H,1,4,14H2. The van der Waals surface area contributed by atoms with Gasteiger partial charge in [-0.3, -0.25) is 0 Å². The summed E-state index contributed by atoms with van der Waals surface area (Å²) in [5, 5.41) is 8.41. The normalized spacial score (nSPS) is 10.4. The van der Waals surface area contributed by atoms with Gasteiger partial charge in [-0.2, -0.15) is 9.65 Å². The zero-order chi connectivity index (χ0) is 11.4. The Labute approximate surface area is 84.3 Å². The van der Waals surface area contributed by atoms with E-state index < -0.39 is 18.1 Å². The molecular weight excluding hydrogens is 207 g/mol. The molecule has 0 bridgehead atoms. The van der Waals surface area contributed by atoms with E-state index in [4.69, 9.17) is 11.0 Å². The molecule has 1 aromatic heterocycles. The third-order valence-electron chi connectivity index (χ3n) is 1.89. The maximum atomic E-state index is 13.2. The van der Waals surface area contributed by atoms with Gasteiger partial charge in [0.25, 0.3) is 6.43 Å². The van der Waals surface area contributed by atoms with Crippen LogP contribution >= 0.6 is 0 Å². The molecule has 6 heteroatoms. The second-order valence-corrected chi connectivity index (χ2v) is 2.82. The van der Waals surface area contributed by atoms with E-state index in [-0.39, 0.29) is 24.1 Å². The minimum Gasteiger partial charge on any atom is -0.326 e. The lowest BCUT2D eigenvalue weighted by Gasteiger charge is -2.07. The number of hydrogen-bond donors (Lipinski definition) is 1. The van der Waals surface area contributed by atoms with Crippen LogP contribution in [0.1, 0.15) is 23.2 Å². The monoisotopic (exact) mass is 215 g/mol. The predicted octanol–water partition coefficient (Wildman–Crippen LogP) is 1.68. The fraction of sp³-hybridized carbons (Fsp3) is 0.333. The van der Waals surface area contributed by atoms with Crippen LogP contribution in [-0.2, 0) is 13.0 Å². The molecule has 0 radical (unpaired) electrons. The smallest absolute Gasteiger partial charge is 0.280 e. The van der Waals surface area contributed by atoms with Gasteiger partial charge in [0.15, 0.2) is 0 Å². The number of nitrogens with two attached hydrogens (primary N) is 1. The first kappa shape index (κ1) is 11.5. The van der Waals surface area contributed by atoms with Gasteiger partial charge in [0.2, 0.25) is 5.95 Å². The summed E-state index contributed by atoms with van der Waals surface area (Å²) < 4.78 is 37.7. The number of nitrogens with zero attached hydrogens (tertiary/aromatic N) is 2. The Bertz CT molecular complexity index is 398. The maximum absolute atomic E-state index is 13.2. The highest BCUT2D eigenvalue weighted by atomic mass is 19.3. The van der Waals surface area contributed by atoms with Crippen molar-refractivity contribution in [1.82, 2.24) is 4.98 Å². The van der Waals surface area contributed by atoms with Crippen molar-refractivity contribution in [3.05, 3.63) is 28.8 Å². The van der Waals surface area contributed by atoms with Gasteiger partial charge in [-0.05, 0) is 11.6 Å². The molecule has 0 aliphatic heterocycles. The van der Waals surface area contributed by atoms with E-state index in [1.807, 2.05) is 0 Å². The SMILES string of the molecule is N#CCc1c(CN)cc(C(F)F)nc1F. The summed E-state index contributed by atoms with van der Waals surface area (Å²) in [7, 11) is 0. The molecule has 0 spiro atoms. The largest absolute Gasteiger partial charge is 0.326 e. The molecule has 0 unspecified atom stereocenters. The van der Waals surface area contributed by atoms with Crippen molar-refractivity contribution in [1.29, 1.82) is 5.26 Å². The molecule has 0 saturated heterocycles. The van der Waals surface area contributed by atoms with Gasteiger partial charge in [-0.1, -0.05) is 0 Å². The first-order valence-electron chi connectivity index (χ1n) is 4.13. The summed E-state index contributed by atoms with van der Waals surface area (Å²) >= 11 is 0. The average Bonchev–Trinajstić information content (AvgIpc) is 2.20. The summed E-state index contributed by atoms with van der Waals surface area (Å²) in [6.45, 7) is -0.101. The number of pyridine rings is 1. The number of halogens is 3. The second-order valence-electron chi connectivity index (χ2n) is 2.82. The number of nitriles is 1. The van der Waals surface area contributed by atoms with Gasteiger partial charge < -0.3 is 5.73 Å². The molecule has 0 aromatic carbocycles. The molecule has 15 heavy (non-hydrogen) atoms. The Morgan fingerprint density at radius 1 is 1.53 bits per heavy atom. The Balaban J connectivity index is 3.25. The molecule has 0 aliphatic carbocycles. The van der Waals surface area contributed by atoms with Gasteiger partial charge in [0.1, 0.15) is 5.69 Å². The van der Waals surface area contributed by atoms with Crippen LogP contribution in [0.2, 0.25) is 0 Å². The molecule has 0 atom stereocenters. The van der Waals surface area contributed by atoms with Gasteiger partial charge in [-0.25, -0.2) is 13.8 Å². The van der Waals surface area contributed by atoms with Gasteiger partial charge in [-0.15, -0.1) is 0 Å². The fourth-order valence-corrected chi connectivity index (χ4v) is 1.17. The molecule has 0 amide bonds. The number of alkyl halides is 2. The van der Waals surface area contributed by atoms with E-state index >= 15 is 0 Å². The van der Waals surface area contributed by atoms with Crippen molar-refractivity contribution in [2.24, 2.45) is 5.73 Å². The van der Waals surface area contributed by atoms with E-state index in [9.17, 15) is 13.2 Å². The first-order chi connectivity index (χ1) is 7.10. The lowest BCUT2D eigenvalue weighted by molar-refractivity contribution is 0.144. The molecule has 1 heterocycles. The zero-order valence-corrected chi connectivity index (χ0v) is 7.67. The van der Waals surface area contributed by atoms with Crippen molar-refractivity contribution >= 4 is 0 Å². The van der Waals surface area contributed by atoms with Gasteiger partial charge >= 0.3 is 0 Å². The molecule has 0 saturated carbocycles. The molecule has 1 aromatic rings. The molecular formula is C9H8F3N3. The first-order valence-corrected chi connectivity index (χ1v) is 4.13.